The van der Waals surface area contributed by atoms with E-state index in [4.69, 9.17) is 33.2 Å². The zero-order valence-electron chi connectivity index (χ0n) is 16.1. The van der Waals surface area contributed by atoms with Crippen molar-refractivity contribution in [3.05, 3.63) is 63.4 Å². The van der Waals surface area contributed by atoms with Gasteiger partial charge in [0.15, 0.2) is 0 Å². The Hall–Kier alpha value is -1.73. The van der Waals surface area contributed by atoms with Crippen LogP contribution in [0, 0.1) is 17.1 Å². The van der Waals surface area contributed by atoms with Crippen molar-refractivity contribution in [2.75, 3.05) is 26.2 Å². The fourth-order valence-corrected chi connectivity index (χ4v) is 5.04. The minimum absolute atomic E-state index is 0.0380. The summed E-state index contributed by atoms with van der Waals surface area (Å²) in [7, 11) is -3.96. The predicted molar refractivity (Wildman–Crippen MR) is 112 cm³/mol. The van der Waals surface area contributed by atoms with E-state index in [1.807, 2.05) is 17.9 Å². The average molecular weight is 472 g/mol. The predicted octanol–water partition coefficient (Wildman–Crippen LogP) is 3.74. The highest BCUT2D eigenvalue weighted by molar-refractivity contribution is 7.89. The third kappa shape index (κ3) is 5.11. The molecule has 2 aromatic rings. The minimum atomic E-state index is -3.96. The molecule has 1 aliphatic rings. The van der Waals surface area contributed by atoms with E-state index < -0.39 is 21.9 Å². The van der Waals surface area contributed by atoms with Crippen LogP contribution in [0.4, 0.5) is 4.39 Å². The number of halogens is 3. The number of nitriles is 1. The number of nitrogens with zero attached hydrogens (tertiary/aromatic N) is 2. The van der Waals surface area contributed by atoms with Crippen LogP contribution in [0.3, 0.4) is 0 Å². The first kappa shape index (κ1) is 22.9. The number of morpholine rings is 1. The van der Waals surface area contributed by atoms with Gasteiger partial charge < -0.3 is 4.74 Å². The summed E-state index contributed by atoms with van der Waals surface area (Å²) >= 11 is 12.2. The van der Waals surface area contributed by atoms with Gasteiger partial charge in [-0.2, -0.15) is 5.26 Å². The molecule has 30 heavy (non-hydrogen) atoms. The van der Waals surface area contributed by atoms with Gasteiger partial charge in [0.05, 0.1) is 34.2 Å². The number of sulfonamides is 1. The quantitative estimate of drug-likeness (QED) is 0.693. The van der Waals surface area contributed by atoms with E-state index in [9.17, 15) is 12.8 Å². The summed E-state index contributed by atoms with van der Waals surface area (Å²) in [4.78, 5) is 1.87. The topological polar surface area (TPSA) is 82.4 Å². The monoisotopic (exact) mass is 471 g/mol. The standard InChI is InChI=1S/C20H20Cl2FN3O3S/c1-13-12-26(7-8-29-13)19(20-16(21)3-2-4-18(20)23)11-25-30(27,28)15-6-5-14(10-24)17(22)9-15/h2-6,9,13,19,25H,7-8,11-12H2,1H3. The fraction of sp³-hybridized carbons (Fsp3) is 0.350. The highest BCUT2D eigenvalue weighted by atomic mass is 35.5. The Morgan fingerprint density at radius 3 is 2.73 bits per heavy atom. The van der Waals surface area contributed by atoms with E-state index in [0.717, 1.165) is 0 Å². The SMILES string of the molecule is CC1CN(C(CNS(=O)(=O)c2ccc(C#N)c(Cl)c2)c2c(F)cccc2Cl)CCO1. The molecule has 1 saturated heterocycles. The zero-order valence-corrected chi connectivity index (χ0v) is 18.4. The maximum Gasteiger partial charge on any atom is 0.240 e. The lowest BCUT2D eigenvalue weighted by Crippen LogP contribution is -2.46. The summed E-state index contributed by atoms with van der Waals surface area (Å²) in [6, 6.07) is 9.48. The second-order valence-corrected chi connectivity index (χ2v) is 9.51. The Kier molecular flexibility index (Phi) is 7.34. The maximum atomic E-state index is 14.7. The molecule has 0 aliphatic carbocycles. The molecule has 0 aromatic heterocycles. The summed E-state index contributed by atoms with van der Waals surface area (Å²) in [5.74, 6) is -0.507. The van der Waals surface area contributed by atoms with E-state index in [-0.39, 0.29) is 38.7 Å². The van der Waals surface area contributed by atoms with Crippen molar-refractivity contribution in [1.29, 1.82) is 5.26 Å². The van der Waals surface area contributed by atoms with Crippen LogP contribution in [0.1, 0.15) is 24.1 Å². The summed E-state index contributed by atoms with van der Waals surface area (Å²) in [6.07, 6.45) is -0.0826. The molecule has 1 aliphatic heterocycles. The lowest BCUT2D eigenvalue weighted by molar-refractivity contribution is -0.0342. The molecule has 2 aromatic carbocycles. The Labute approximate surface area is 185 Å². The summed E-state index contributed by atoms with van der Waals surface area (Å²) in [5, 5.41) is 9.23. The normalized spacial score (nSPS) is 18.7. The molecule has 160 valence electrons. The Morgan fingerprint density at radius 1 is 1.33 bits per heavy atom. The van der Waals surface area contributed by atoms with Gasteiger partial charge in [-0.3, -0.25) is 4.90 Å². The molecular weight excluding hydrogens is 452 g/mol. The van der Waals surface area contributed by atoms with Crippen molar-refractivity contribution in [3.63, 3.8) is 0 Å². The minimum Gasteiger partial charge on any atom is -0.376 e. The van der Waals surface area contributed by atoms with Crippen LogP contribution in [-0.2, 0) is 14.8 Å². The van der Waals surface area contributed by atoms with E-state index in [1.54, 1.807) is 6.07 Å². The molecule has 6 nitrogen and oxygen atoms in total. The molecule has 0 saturated carbocycles. The van der Waals surface area contributed by atoms with Crippen LogP contribution in [0.15, 0.2) is 41.3 Å². The first-order chi connectivity index (χ1) is 14.2. The van der Waals surface area contributed by atoms with Crippen LogP contribution >= 0.6 is 23.2 Å². The number of nitrogens with one attached hydrogen (secondary N) is 1. The van der Waals surface area contributed by atoms with Crippen LogP contribution < -0.4 is 4.72 Å². The van der Waals surface area contributed by atoms with Crippen molar-refractivity contribution < 1.29 is 17.5 Å². The molecule has 10 heteroatoms. The molecule has 1 heterocycles. The zero-order chi connectivity index (χ0) is 21.9. The van der Waals surface area contributed by atoms with Gasteiger partial charge in [0.2, 0.25) is 10.0 Å². The summed E-state index contributed by atoms with van der Waals surface area (Å²) < 4.78 is 48.4. The largest absolute Gasteiger partial charge is 0.376 e. The molecule has 0 bridgehead atoms. The van der Waals surface area contributed by atoms with Crippen molar-refractivity contribution >= 4 is 33.2 Å². The van der Waals surface area contributed by atoms with Gasteiger partial charge >= 0.3 is 0 Å². The highest BCUT2D eigenvalue weighted by Gasteiger charge is 2.30. The van der Waals surface area contributed by atoms with Gasteiger partial charge in [0.1, 0.15) is 11.9 Å². The first-order valence-electron chi connectivity index (χ1n) is 9.22. The van der Waals surface area contributed by atoms with Crippen LogP contribution in [-0.4, -0.2) is 45.7 Å². The third-order valence-corrected chi connectivity index (χ3v) is 6.95. The molecule has 3 rings (SSSR count). The van der Waals surface area contributed by atoms with E-state index in [0.29, 0.717) is 19.7 Å². The molecule has 2 unspecified atom stereocenters. The Bertz CT molecular complexity index is 1060. The van der Waals surface area contributed by atoms with Gasteiger partial charge in [-0.05, 0) is 37.3 Å². The second-order valence-electron chi connectivity index (χ2n) is 6.93. The van der Waals surface area contributed by atoms with E-state index in [2.05, 4.69) is 4.72 Å². The number of hydrogen-bond acceptors (Lipinski definition) is 5. The highest BCUT2D eigenvalue weighted by Crippen LogP contribution is 2.31. The maximum absolute atomic E-state index is 14.7. The van der Waals surface area contributed by atoms with E-state index in [1.165, 1.54) is 30.3 Å². The van der Waals surface area contributed by atoms with Crippen molar-refractivity contribution in [1.82, 2.24) is 9.62 Å². The van der Waals surface area contributed by atoms with Gasteiger partial charge in [0, 0.05) is 30.2 Å². The smallest absolute Gasteiger partial charge is 0.240 e. The summed E-state index contributed by atoms with van der Waals surface area (Å²) in [5.41, 5.74) is 0.405. The van der Waals surface area contributed by atoms with Crippen LogP contribution in [0.25, 0.3) is 0 Å². The van der Waals surface area contributed by atoms with Gasteiger partial charge in [-0.25, -0.2) is 17.5 Å². The molecular formula is C20H20Cl2FN3O3S. The molecule has 1 N–H and O–H groups in total. The summed E-state index contributed by atoms with van der Waals surface area (Å²) in [6.45, 7) is 3.24. The molecule has 0 amide bonds. The van der Waals surface area contributed by atoms with Gasteiger partial charge in [-0.15, -0.1) is 0 Å². The number of hydrogen-bond donors (Lipinski definition) is 1. The number of ether oxygens (including phenoxy) is 1. The third-order valence-electron chi connectivity index (χ3n) is 4.88. The molecule has 2 atom stereocenters. The van der Waals surface area contributed by atoms with Crippen LogP contribution in [0.5, 0.6) is 0 Å². The number of benzene rings is 2. The Balaban J connectivity index is 1.90. The first-order valence-corrected chi connectivity index (χ1v) is 11.5. The van der Waals surface area contributed by atoms with Gasteiger partial charge in [0.25, 0.3) is 0 Å². The van der Waals surface area contributed by atoms with Crippen molar-refractivity contribution in [2.45, 2.75) is 24.0 Å². The van der Waals surface area contributed by atoms with E-state index >= 15 is 0 Å². The second kappa shape index (κ2) is 9.60. The van der Waals surface area contributed by atoms with Gasteiger partial charge in [-0.1, -0.05) is 29.3 Å². The lowest BCUT2D eigenvalue weighted by atomic mass is 10.0. The van der Waals surface area contributed by atoms with Crippen molar-refractivity contribution in [2.24, 2.45) is 0 Å². The van der Waals surface area contributed by atoms with Crippen LogP contribution in [0.2, 0.25) is 10.0 Å². The Morgan fingerprint density at radius 2 is 2.10 bits per heavy atom. The van der Waals surface area contributed by atoms with Crippen molar-refractivity contribution in [3.8, 4) is 6.07 Å². The molecule has 1 fully saturated rings. The number of rotatable bonds is 6. The molecule has 0 radical (unpaired) electrons. The molecule has 0 spiro atoms. The average Bonchev–Trinajstić information content (AvgIpc) is 2.70. The fourth-order valence-electron chi connectivity index (χ4n) is 3.40. The lowest BCUT2D eigenvalue weighted by Gasteiger charge is -2.38.